The molecule has 38 heavy (non-hydrogen) atoms. The van der Waals surface area contributed by atoms with Crippen LogP contribution in [0.3, 0.4) is 0 Å². The normalized spacial score (nSPS) is 16.3. The molecule has 1 aliphatic rings. The summed E-state index contributed by atoms with van der Waals surface area (Å²) < 4.78 is 21.0. The predicted molar refractivity (Wildman–Crippen MR) is 138 cm³/mol. The number of ether oxygens (including phenoxy) is 3. The summed E-state index contributed by atoms with van der Waals surface area (Å²) >= 11 is 0. The fourth-order valence-electron chi connectivity index (χ4n) is 4.91. The van der Waals surface area contributed by atoms with Gasteiger partial charge in [0.25, 0.3) is 0 Å². The van der Waals surface area contributed by atoms with Crippen LogP contribution >= 0.6 is 0 Å². The highest BCUT2D eigenvalue weighted by molar-refractivity contribution is 5.89. The highest BCUT2D eigenvalue weighted by Gasteiger charge is 2.37. The van der Waals surface area contributed by atoms with Crippen molar-refractivity contribution < 1.29 is 28.2 Å². The van der Waals surface area contributed by atoms with Gasteiger partial charge in [-0.1, -0.05) is 12.1 Å². The number of likely N-dealkylation sites (N-methyl/N-ethyl adjacent to an activating group) is 1. The largest absolute Gasteiger partial charge is 0.496 e. The average molecular weight is 519 g/mol. The molecule has 196 valence electrons. The van der Waals surface area contributed by atoms with Gasteiger partial charge in [0.15, 0.2) is 17.6 Å². The molecule has 0 bridgehead atoms. The third kappa shape index (κ3) is 4.59. The standard InChI is InChI=1S/C27H26N4O7/c1-31(2)25-16-7-15(6-5-14(16)8-23(25)38-27(34)30-26(33)36-4)19-10-21(32)17-9-18(24-12-28-13-37-24)22(35-3)11-20(17)29-19/h5-7,9-13,23,25H,8H2,1-4H3,(H,29,32)(H,30,33,34). The van der Waals surface area contributed by atoms with Crippen molar-refractivity contribution in [2.24, 2.45) is 0 Å². The number of nitrogens with one attached hydrogen (secondary N) is 2. The lowest BCUT2D eigenvalue weighted by Gasteiger charge is -2.27. The number of fused-ring (bicyclic) bond motifs is 2. The Hall–Kier alpha value is -4.64. The predicted octanol–water partition coefficient (Wildman–Crippen LogP) is 3.88. The maximum atomic E-state index is 13.2. The lowest BCUT2D eigenvalue weighted by Crippen LogP contribution is -2.37. The van der Waals surface area contributed by atoms with Gasteiger partial charge in [0.1, 0.15) is 11.9 Å². The summed E-state index contributed by atoms with van der Waals surface area (Å²) in [6.45, 7) is 0. The average Bonchev–Trinajstić information content (AvgIpc) is 3.55. The van der Waals surface area contributed by atoms with Crippen molar-refractivity contribution in [1.82, 2.24) is 20.2 Å². The summed E-state index contributed by atoms with van der Waals surface area (Å²) in [7, 11) is 6.49. The molecule has 0 fully saturated rings. The Bertz CT molecular complexity index is 1580. The molecule has 2 N–H and O–H groups in total. The third-order valence-electron chi connectivity index (χ3n) is 6.60. The smallest absolute Gasteiger partial charge is 0.416 e. The minimum absolute atomic E-state index is 0.164. The van der Waals surface area contributed by atoms with Crippen LogP contribution in [0.1, 0.15) is 17.2 Å². The van der Waals surface area contributed by atoms with Crippen LogP contribution in [0.2, 0.25) is 0 Å². The Morgan fingerprint density at radius 3 is 2.63 bits per heavy atom. The molecular formula is C27H26N4O7. The Balaban J connectivity index is 1.50. The molecule has 5 rings (SSSR count). The summed E-state index contributed by atoms with van der Waals surface area (Å²) in [6, 6.07) is 10.6. The summed E-state index contributed by atoms with van der Waals surface area (Å²) in [5.74, 6) is 1.03. The van der Waals surface area contributed by atoms with Crippen LogP contribution in [0, 0.1) is 0 Å². The van der Waals surface area contributed by atoms with Gasteiger partial charge >= 0.3 is 12.2 Å². The van der Waals surface area contributed by atoms with E-state index >= 15 is 0 Å². The number of hydrogen-bond donors (Lipinski definition) is 2. The number of benzene rings is 2. The molecule has 11 nitrogen and oxygen atoms in total. The monoisotopic (exact) mass is 518 g/mol. The van der Waals surface area contributed by atoms with Crippen LogP contribution in [0.25, 0.3) is 33.5 Å². The van der Waals surface area contributed by atoms with Gasteiger partial charge in [-0.2, -0.15) is 0 Å². The maximum Gasteiger partial charge on any atom is 0.416 e. The van der Waals surface area contributed by atoms with E-state index < -0.39 is 18.3 Å². The Morgan fingerprint density at radius 2 is 1.95 bits per heavy atom. The number of pyridine rings is 1. The van der Waals surface area contributed by atoms with Gasteiger partial charge in [0.05, 0.1) is 37.5 Å². The second kappa shape index (κ2) is 10.0. The fourth-order valence-corrected chi connectivity index (χ4v) is 4.91. The summed E-state index contributed by atoms with van der Waals surface area (Å²) in [4.78, 5) is 46.0. The first-order chi connectivity index (χ1) is 18.3. The number of carbonyl (C=O) groups is 2. The number of alkyl carbamates (subject to hydrolysis) is 2. The molecule has 2 heterocycles. The molecule has 2 amide bonds. The Morgan fingerprint density at radius 1 is 1.13 bits per heavy atom. The van der Waals surface area contributed by atoms with Crippen LogP contribution in [0.5, 0.6) is 5.75 Å². The second-order valence-electron chi connectivity index (χ2n) is 9.10. The van der Waals surface area contributed by atoms with Crippen LogP contribution < -0.4 is 15.5 Å². The molecule has 0 saturated carbocycles. The zero-order valence-corrected chi connectivity index (χ0v) is 21.2. The van der Waals surface area contributed by atoms with Crippen molar-refractivity contribution in [3.8, 4) is 28.3 Å². The van der Waals surface area contributed by atoms with Gasteiger partial charge in [0, 0.05) is 29.6 Å². The zero-order valence-electron chi connectivity index (χ0n) is 21.2. The highest BCUT2D eigenvalue weighted by atomic mass is 16.6. The van der Waals surface area contributed by atoms with Gasteiger partial charge < -0.3 is 23.6 Å². The van der Waals surface area contributed by atoms with Crippen LogP contribution in [-0.4, -0.2) is 61.5 Å². The number of amides is 2. The van der Waals surface area contributed by atoms with E-state index in [-0.39, 0.29) is 11.5 Å². The lowest BCUT2D eigenvalue weighted by molar-refractivity contribution is 0.0529. The van der Waals surface area contributed by atoms with Crippen molar-refractivity contribution in [3.63, 3.8) is 0 Å². The first-order valence-corrected chi connectivity index (χ1v) is 11.8. The summed E-state index contributed by atoms with van der Waals surface area (Å²) in [5, 5.41) is 2.51. The minimum atomic E-state index is -0.890. The van der Waals surface area contributed by atoms with E-state index in [1.54, 1.807) is 31.5 Å². The third-order valence-corrected chi connectivity index (χ3v) is 6.60. The van der Waals surface area contributed by atoms with E-state index in [0.29, 0.717) is 40.1 Å². The van der Waals surface area contributed by atoms with Gasteiger partial charge in [0.2, 0.25) is 0 Å². The lowest BCUT2D eigenvalue weighted by atomic mass is 10.0. The molecule has 2 atom stereocenters. The number of methoxy groups -OCH3 is 2. The topological polar surface area (TPSA) is 136 Å². The van der Waals surface area contributed by atoms with E-state index in [1.165, 1.54) is 13.5 Å². The van der Waals surface area contributed by atoms with Gasteiger partial charge in [-0.05, 0) is 42.9 Å². The molecule has 2 aromatic heterocycles. The van der Waals surface area contributed by atoms with Crippen molar-refractivity contribution >= 4 is 23.1 Å². The molecule has 4 aromatic rings. The molecule has 0 spiro atoms. The number of hydrogen-bond acceptors (Lipinski definition) is 9. The van der Waals surface area contributed by atoms with Crippen molar-refractivity contribution in [1.29, 1.82) is 0 Å². The Labute approximate surface area is 217 Å². The van der Waals surface area contributed by atoms with Gasteiger partial charge in [-0.15, -0.1) is 0 Å². The molecule has 0 aliphatic heterocycles. The number of oxazole rings is 1. The maximum absolute atomic E-state index is 13.2. The van der Waals surface area contributed by atoms with Gasteiger partial charge in [-0.25, -0.2) is 19.9 Å². The number of aromatic amines is 1. The molecular weight excluding hydrogens is 492 g/mol. The number of nitrogens with zero attached hydrogens (tertiary/aromatic N) is 2. The molecule has 0 saturated heterocycles. The number of rotatable bonds is 5. The van der Waals surface area contributed by atoms with E-state index in [0.717, 1.165) is 16.7 Å². The number of carbonyl (C=O) groups excluding carboxylic acids is 2. The quantitative estimate of drug-likeness (QED) is 0.403. The van der Waals surface area contributed by atoms with Crippen LogP contribution in [-0.2, 0) is 15.9 Å². The van der Waals surface area contributed by atoms with E-state index in [2.05, 4.69) is 14.7 Å². The first kappa shape index (κ1) is 25.0. The minimum Gasteiger partial charge on any atom is -0.496 e. The second-order valence-corrected chi connectivity index (χ2v) is 9.10. The van der Waals surface area contributed by atoms with Crippen molar-refractivity contribution in [2.75, 3.05) is 28.3 Å². The molecule has 2 aromatic carbocycles. The van der Waals surface area contributed by atoms with E-state index in [4.69, 9.17) is 13.9 Å². The van der Waals surface area contributed by atoms with E-state index in [1.807, 2.05) is 42.5 Å². The first-order valence-electron chi connectivity index (χ1n) is 11.8. The zero-order chi connectivity index (χ0) is 27.0. The fraction of sp³-hybridized carbons (Fsp3) is 0.259. The molecule has 0 radical (unpaired) electrons. The molecule has 2 unspecified atom stereocenters. The number of imide groups is 1. The van der Waals surface area contributed by atoms with Crippen LogP contribution in [0.15, 0.2) is 58.2 Å². The molecule has 1 aliphatic carbocycles. The SMILES string of the molecule is COC(=O)NC(=O)OC1Cc2ccc(-c3cc(=O)c4cc(-c5cnco5)c(OC)cc4[nH]3)cc2C1N(C)C. The highest BCUT2D eigenvalue weighted by Crippen LogP contribution is 2.39. The van der Waals surface area contributed by atoms with Crippen LogP contribution in [0.4, 0.5) is 9.59 Å². The van der Waals surface area contributed by atoms with Crippen molar-refractivity contribution in [2.45, 2.75) is 18.6 Å². The van der Waals surface area contributed by atoms with E-state index in [9.17, 15) is 14.4 Å². The summed E-state index contributed by atoms with van der Waals surface area (Å²) in [5.41, 5.74) is 4.47. The number of aromatic nitrogens is 2. The number of H-pyrrole nitrogens is 1. The van der Waals surface area contributed by atoms with Crippen molar-refractivity contribution in [3.05, 3.63) is 70.3 Å². The Kier molecular flexibility index (Phi) is 6.60. The van der Waals surface area contributed by atoms with Gasteiger partial charge in [-0.3, -0.25) is 9.69 Å². The molecule has 11 heteroatoms. The summed E-state index contributed by atoms with van der Waals surface area (Å²) in [6.07, 6.45) is 1.08.